The minimum Gasteiger partial charge on any atom is -0.337 e. The summed E-state index contributed by atoms with van der Waals surface area (Å²) >= 11 is 1.22. The average Bonchev–Trinajstić information content (AvgIpc) is 3.55. The molecule has 0 spiro atoms. The first-order chi connectivity index (χ1) is 16.5. The van der Waals surface area contributed by atoms with Gasteiger partial charge in [-0.15, -0.1) is 11.3 Å². The van der Waals surface area contributed by atoms with Crippen LogP contribution < -0.4 is 0 Å². The minimum atomic E-state index is -0.343. The van der Waals surface area contributed by atoms with Gasteiger partial charge in [0.15, 0.2) is 0 Å². The second kappa shape index (κ2) is 9.44. The lowest BCUT2D eigenvalue weighted by Crippen LogP contribution is -2.49. The molecular formula is C25H24FN5O2S. The van der Waals surface area contributed by atoms with Gasteiger partial charge in [0, 0.05) is 37.3 Å². The Hall–Kier alpha value is -3.43. The van der Waals surface area contributed by atoms with E-state index in [4.69, 9.17) is 4.52 Å². The summed E-state index contributed by atoms with van der Waals surface area (Å²) in [5, 5.41) is 4.65. The molecule has 0 radical (unpaired) electrons. The number of aromatic nitrogens is 3. The van der Waals surface area contributed by atoms with Gasteiger partial charge in [0.1, 0.15) is 15.7 Å². The van der Waals surface area contributed by atoms with Gasteiger partial charge >= 0.3 is 0 Å². The molecule has 2 aromatic carbocycles. The molecule has 1 aliphatic heterocycles. The highest BCUT2D eigenvalue weighted by atomic mass is 32.1. The van der Waals surface area contributed by atoms with Crippen LogP contribution in [0.25, 0.3) is 22.0 Å². The number of nitrogens with zero attached hydrogens (tertiary/aromatic N) is 5. The van der Waals surface area contributed by atoms with E-state index in [2.05, 4.69) is 20.0 Å². The van der Waals surface area contributed by atoms with Crippen LogP contribution in [0.15, 0.2) is 59.3 Å². The maximum absolute atomic E-state index is 14.1. The summed E-state index contributed by atoms with van der Waals surface area (Å²) in [7, 11) is 0. The van der Waals surface area contributed by atoms with E-state index in [0.717, 1.165) is 5.56 Å². The summed E-state index contributed by atoms with van der Waals surface area (Å²) in [6.45, 7) is 6.61. The molecule has 0 aliphatic carbocycles. The van der Waals surface area contributed by atoms with Crippen molar-refractivity contribution < 1.29 is 13.7 Å². The molecule has 5 rings (SSSR count). The normalized spacial score (nSPS) is 15.4. The van der Waals surface area contributed by atoms with Crippen LogP contribution in [-0.4, -0.2) is 57.0 Å². The molecule has 3 heterocycles. The number of hydrogen-bond acceptors (Lipinski definition) is 7. The molecule has 1 fully saturated rings. The monoisotopic (exact) mass is 477 g/mol. The number of carbonyl (C=O) groups excluding carboxylic acids is 1. The van der Waals surface area contributed by atoms with E-state index in [-0.39, 0.29) is 17.8 Å². The second-order valence-corrected chi connectivity index (χ2v) is 9.37. The number of carbonyl (C=O) groups is 1. The Morgan fingerprint density at radius 1 is 1.09 bits per heavy atom. The molecule has 9 heteroatoms. The van der Waals surface area contributed by atoms with Crippen molar-refractivity contribution in [1.29, 1.82) is 0 Å². The van der Waals surface area contributed by atoms with Crippen molar-refractivity contribution in [2.45, 2.75) is 19.9 Å². The Morgan fingerprint density at radius 2 is 1.82 bits per heavy atom. The Balaban J connectivity index is 1.21. The van der Waals surface area contributed by atoms with Crippen molar-refractivity contribution in [3.63, 3.8) is 0 Å². The topological polar surface area (TPSA) is 75.4 Å². The molecule has 34 heavy (non-hydrogen) atoms. The SMILES string of the molecule is Cc1ccc(-c2noc(C(C)N3CCN(C(=O)c4cnc(-c5ccccc5F)s4)CC3)n2)cc1. The molecule has 1 unspecified atom stereocenters. The highest BCUT2D eigenvalue weighted by molar-refractivity contribution is 7.16. The molecule has 7 nitrogen and oxygen atoms in total. The largest absolute Gasteiger partial charge is 0.337 e. The standard InChI is InChI=1S/C25H24FN5O2S/c1-16-7-9-18(10-8-16)22-28-23(33-29-22)17(2)30-11-13-31(14-12-30)25(32)21-15-27-24(34-21)19-5-3-4-6-20(19)26/h3-10,15,17H,11-14H2,1-2H3. The van der Waals surface area contributed by atoms with E-state index in [1.165, 1.54) is 29.2 Å². The first-order valence-electron chi connectivity index (χ1n) is 11.1. The zero-order chi connectivity index (χ0) is 23.7. The fourth-order valence-corrected chi connectivity index (χ4v) is 4.89. The number of hydrogen-bond donors (Lipinski definition) is 0. The van der Waals surface area contributed by atoms with E-state index in [1.807, 2.05) is 43.0 Å². The third-order valence-electron chi connectivity index (χ3n) is 6.08. The lowest BCUT2D eigenvalue weighted by molar-refractivity contribution is 0.0555. The van der Waals surface area contributed by atoms with Crippen molar-refractivity contribution in [3.8, 4) is 22.0 Å². The van der Waals surface area contributed by atoms with Crippen LogP contribution in [0.3, 0.4) is 0 Å². The predicted octanol–water partition coefficient (Wildman–Crippen LogP) is 4.83. The molecule has 0 saturated carbocycles. The molecule has 174 valence electrons. The average molecular weight is 478 g/mol. The molecular weight excluding hydrogens is 453 g/mol. The molecule has 0 bridgehead atoms. The van der Waals surface area contributed by atoms with Crippen LogP contribution in [0, 0.1) is 12.7 Å². The fourth-order valence-electron chi connectivity index (χ4n) is 3.98. The van der Waals surface area contributed by atoms with Crippen molar-refractivity contribution in [2.24, 2.45) is 0 Å². The van der Waals surface area contributed by atoms with E-state index < -0.39 is 0 Å². The summed E-state index contributed by atoms with van der Waals surface area (Å²) < 4.78 is 19.6. The molecule has 0 N–H and O–H groups in total. The molecule has 1 aliphatic rings. The molecule has 1 saturated heterocycles. The number of piperazine rings is 1. The molecule has 1 amide bonds. The lowest BCUT2D eigenvalue weighted by atomic mass is 10.1. The number of benzene rings is 2. The van der Waals surface area contributed by atoms with Gasteiger partial charge in [0.2, 0.25) is 11.7 Å². The number of amides is 1. The molecule has 4 aromatic rings. The van der Waals surface area contributed by atoms with Gasteiger partial charge in [-0.2, -0.15) is 4.98 Å². The first kappa shape index (κ1) is 22.4. The van der Waals surface area contributed by atoms with Crippen molar-refractivity contribution in [1.82, 2.24) is 24.9 Å². The summed E-state index contributed by atoms with van der Waals surface area (Å²) in [6, 6.07) is 14.4. The van der Waals surface area contributed by atoms with Gasteiger partial charge in [0.05, 0.1) is 12.2 Å². The molecule has 1 atom stereocenters. The van der Waals surface area contributed by atoms with Crippen LogP contribution in [0.4, 0.5) is 4.39 Å². The smallest absolute Gasteiger partial charge is 0.265 e. The van der Waals surface area contributed by atoms with Gasteiger partial charge in [-0.05, 0) is 26.0 Å². The van der Waals surface area contributed by atoms with Gasteiger partial charge in [-0.1, -0.05) is 47.1 Å². The van der Waals surface area contributed by atoms with Crippen molar-refractivity contribution in [3.05, 3.63) is 76.9 Å². The first-order valence-corrected chi connectivity index (χ1v) is 12.0. The maximum atomic E-state index is 14.1. The Bertz CT molecular complexity index is 1290. The molecule has 2 aromatic heterocycles. The Morgan fingerprint density at radius 3 is 2.56 bits per heavy atom. The zero-order valence-corrected chi connectivity index (χ0v) is 19.8. The Labute approximate surface area is 200 Å². The van der Waals surface area contributed by atoms with Gasteiger partial charge in [-0.25, -0.2) is 9.37 Å². The highest BCUT2D eigenvalue weighted by Crippen LogP contribution is 2.29. The van der Waals surface area contributed by atoms with E-state index in [1.54, 1.807) is 18.2 Å². The summed E-state index contributed by atoms with van der Waals surface area (Å²) in [6.07, 6.45) is 1.54. The number of rotatable bonds is 5. The van der Waals surface area contributed by atoms with Crippen LogP contribution in [-0.2, 0) is 0 Å². The third-order valence-corrected chi connectivity index (χ3v) is 7.10. The number of halogens is 1. The van der Waals surface area contributed by atoms with E-state index in [9.17, 15) is 9.18 Å². The highest BCUT2D eigenvalue weighted by Gasteiger charge is 2.29. The van der Waals surface area contributed by atoms with Crippen LogP contribution in [0.2, 0.25) is 0 Å². The Kier molecular flexibility index (Phi) is 6.21. The van der Waals surface area contributed by atoms with Crippen LogP contribution in [0.5, 0.6) is 0 Å². The fraction of sp³-hybridized carbons (Fsp3) is 0.280. The summed E-state index contributed by atoms with van der Waals surface area (Å²) in [5.41, 5.74) is 2.51. The quantitative estimate of drug-likeness (QED) is 0.410. The zero-order valence-electron chi connectivity index (χ0n) is 18.9. The van der Waals surface area contributed by atoms with E-state index in [0.29, 0.717) is 53.3 Å². The van der Waals surface area contributed by atoms with Gasteiger partial charge in [0.25, 0.3) is 5.91 Å². The number of aryl methyl sites for hydroxylation is 1. The third kappa shape index (κ3) is 4.49. The van der Waals surface area contributed by atoms with Crippen molar-refractivity contribution >= 4 is 17.2 Å². The van der Waals surface area contributed by atoms with Gasteiger partial charge in [-0.3, -0.25) is 9.69 Å². The van der Waals surface area contributed by atoms with E-state index >= 15 is 0 Å². The second-order valence-electron chi connectivity index (χ2n) is 8.34. The van der Waals surface area contributed by atoms with Crippen molar-refractivity contribution in [2.75, 3.05) is 26.2 Å². The predicted molar refractivity (Wildman–Crippen MR) is 128 cm³/mol. The summed E-state index contributed by atoms with van der Waals surface area (Å²) in [5.74, 6) is 0.718. The van der Waals surface area contributed by atoms with Crippen LogP contribution >= 0.6 is 11.3 Å². The summed E-state index contributed by atoms with van der Waals surface area (Å²) in [4.78, 5) is 26.4. The number of thiazole rings is 1. The minimum absolute atomic E-state index is 0.0555. The lowest BCUT2D eigenvalue weighted by Gasteiger charge is -2.36. The maximum Gasteiger partial charge on any atom is 0.265 e. The van der Waals surface area contributed by atoms with Gasteiger partial charge < -0.3 is 9.42 Å². The van der Waals surface area contributed by atoms with Crippen LogP contribution in [0.1, 0.15) is 34.1 Å².